The topological polar surface area (TPSA) is 99.8 Å². The van der Waals surface area contributed by atoms with Gasteiger partial charge in [0.05, 0.1) is 11.1 Å². The summed E-state index contributed by atoms with van der Waals surface area (Å²) in [6, 6.07) is 14.0. The number of aromatic nitrogens is 2. The fourth-order valence-electron chi connectivity index (χ4n) is 5.12. The molecule has 2 aromatic carbocycles. The second-order valence-corrected chi connectivity index (χ2v) is 12.0. The van der Waals surface area contributed by atoms with E-state index in [0.29, 0.717) is 22.7 Å². The van der Waals surface area contributed by atoms with Crippen molar-refractivity contribution in [2.75, 3.05) is 38.1 Å². The van der Waals surface area contributed by atoms with E-state index in [0.717, 1.165) is 48.6 Å². The molecule has 0 spiro atoms. The van der Waals surface area contributed by atoms with E-state index in [2.05, 4.69) is 33.7 Å². The van der Waals surface area contributed by atoms with Gasteiger partial charge in [-0.1, -0.05) is 12.1 Å². The maximum Gasteiger partial charge on any atom is 0.243 e. The van der Waals surface area contributed by atoms with Crippen LogP contribution in [0.5, 0.6) is 0 Å². The Kier molecular flexibility index (Phi) is 6.54. The van der Waals surface area contributed by atoms with Crippen LogP contribution in [0.3, 0.4) is 0 Å². The first-order valence-corrected chi connectivity index (χ1v) is 14.3. The summed E-state index contributed by atoms with van der Waals surface area (Å²) in [5.74, 6) is 0.261. The van der Waals surface area contributed by atoms with Crippen LogP contribution in [0, 0.1) is 6.92 Å². The molecule has 0 bridgehead atoms. The minimum atomic E-state index is -3.74. The van der Waals surface area contributed by atoms with Gasteiger partial charge in [0, 0.05) is 62.3 Å². The molecule has 4 aromatic rings. The van der Waals surface area contributed by atoms with Gasteiger partial charge in [0.2, 0.25) is 21.7 Å². The quantitative estimate of drug-likeness (QED) is 0.339. The van der Waals surface area contributed by atoms with Crippen molar-refractivity contribution in [3.63, 3.8) is 0 Å². The molecule has 1 saturated heterocycles. The van der Waals surface area contributed by atoms with Gasteiger partial charge in [0.25, 0.3) is 0 Å². The molecule has 9 nitrogen and oxygen atoms in total. The van der Waals surface area contributed by atoms with Gasteiger partial charge in [-0.15, -0.1) is 0 Å². The van der Waals surface area contributed by atoms with Gasteiger partial charge >= 0.3 is 0 Å². The zero-order chi connectivity index (χ0) is 27.1. The lowest BCUT2D eigenvalue weighted by atomic mass is 10.0. The molecular weight excluding hydrogens is 514 g/mol. The summed E-state index contributed by atoms with van der Waals surface area (Å²) in [5.41, 5.74) is 5.39. The number of nitrogens with zero attached hydrogens (tertiary/aromatic N) is 5. The van der Waals surface area contributed by atoms with Crippen LogP contribution in [0.1, 0.15) is 32.7 Å². The smallest absolute Gasteiger partial charge is 0.243 e. The molecule has 10 heteroatoms. The van der Waals surface area contributed by atoms with Gasteiger partial charge in [-0.3, -0.25) is 9.78 Å². The molecule has 2 aliphatic rings. The predicted octanol–water partition coefficient (Wildman–Crippen LogP) is 3.73. The molecule has 6 rings (SSSR count). The van der Waals surface area contributed by atoms with E-state index in [1.165, 1.54) is 10.6 Å². The summed E-state index contributed by atoms with van der Waals surface area (Å²) >= 11 is 0. The molecular formula is C29H29N5O4S. The molecule has 0 amide bonds. The number of rotatable bonds is 6. The standard InChI is InChI=1S/C29H29N5O4S/c1-20-3-4-22(16-27(20)33-12-10-32(2)11-13-33)28(35)26-15-23-18-34(19-24(23)17-31-26)39(36,37)25-7-5-21(6-8-25)29-30-9-14-38-29/h3-9,14-17H,10-13,18-19H2,1-2H3. The van der Waals surface area contributed by atoms with E-state index < -0.39 is 10.0 Å². The Hall–Kier alpha value is -3.86. The number of ketones is 1. The molecule has 0 saturated carbocycles. The Labute approximate surface area is 227 Å². The second kappa shape index (κ2) is 10.0. The third-order valence-electron chi connectivity index (χ3n) is 7.50. The van der Waals surface area contributed by atoms with E-state index >= 15 is 0 Å². The molecule has 0 radical (unpaired) electrons. The number of piperazine rings is 1. The van der Waals surface area contributed by atoms with Gasteiger partial charge in [0.1, 0.15) is 12.0 Å². The highest BCUT2D eigenvalue weighted by atomic mass is 32.2. The summed E-state index contributed by atoms with van der Waals surface area (Å²) in [6.07, 6.45) is 4.64. The number of pyridine rings is 1. The zero-order valence-corrected chi connectivity index (χ0v) is 22.7. The van der Waals surface area contributed by atoms with Gasteiger partial charge in [-0.05, 0) is 67.1 Å². The largest absolute Gasteiger partial charge is 0.445 e. The fraction of sp³-hybridized carbons (Fsp3) is 0.276. The van der Waals surface area contributed by atoms with Crippen LogP contribution in [0.15, 0.2) is 76.5 Å². The van der Waals surface area contributed by atoms with Crippen molar-refractivity contribution in [1.82, 2.24) is 19.2 Å². The number of aryl methyl sites for hydroxylation is 1. The molecule has 1 fully saturated rings. The number of benzene rings is 2. The fourth-order valence-corrected chi connectivity index (χ4v) is 6.51. The van der Waals surface area contributed by atoms with Crippen molar-refractivity contribution in [3.8, 4) is 11.5 Å². The SMILES string of the molecule is Cc1ccc(C(=O)c2cc3c(cn2)CN(S(=O)(=O)c2ccc(-c4ncco4)cc2)C3)cc1N1CCN(C)CC1. The Balaban J connectivity index is 1.20. The monoisotopic (exact) mass is 543 g/mol. The minimum Gasteiger partial charge on any atom is -0.445 e. The Morgan fingerprint density at radius 1 is 0.923 bits per heavy atom. The Morgan fingerprint density at radius 2 is 1.67 bits per heavy atom. The lowest BCUT2D eigenvalue weighted by molar-refractivity contribution is 0.103. The van der Waals surface area contributed by atoms with E-state index in [4.69, 9.17) is 4.42 Å². The van der Waals surface area contributed by atoms with Crippen LogP contribution in [-0.2, 0) is 23.1 Å². The van der Waals surface area contributed by atoms with Crippen molar-refractivity contribution in [1.29, 1.82) is 0 Å². The summed E-state index contributed by atoms with van der Waals surface area (Å²) in [5, 5.41) is 0. The zero-order valence-electron chi connectivity index (χ0n) is 21.9. The van der Waals surface area contributed by atoms with Crippen LogP contribution >= 0.6 is 0 Å². The summed E-state index contributed by atoms with van der Waals surface area (Å²) in [4.78, 5) is 26.8. The number of carbonyl (C=O) groups is 1. The highest BCUT2D eigenvalue weighted by Gasteiger charge is 2.32. The third kappa shape index (κ3) is 4.87. The first-order valence-electron chi connectivity index (χ1n) is 12.9. The average Bonchev–Trinajstić information content (AvgIpc) is 3.64. The molecule has 2 aliphatic heterocycles. The lowest BCUT2D eigenvalue weighted by Gasteiger charge is -2.35. The number of oxazole rings is 1. The van der Waals surface area contributed by atoms with Crippen molar-refractivity contribution >= 4 is 21.5 Å². The number of anilines is 1. The summed E-state index contributed by atoms with van der Waals surface area (Å²) in [6.45, 7) is 6.24. The van der Waals surface area contributed by atoms with Gasteiger partial charge in [0.15, 0.2) is 0 Å². The summed E-state index contributed by atoms with van der Waals surface area (Å²) in [7, 11) is -1.63. The van der Waals surface area contributed by atoms with Crippen molar-refractivity contribution in [3.05, 3.63) is 95.1 Å². The summed E-state index contributed by atoms with van der Waals surface area (Å²) < 4.78 is 33.4. The van der Waals surface area contributed by atoms with Crippen LogP contribution < -0.4 is 4.90 Å². The second-order valence-electron chi connectivity index (χ2n) is 10.1. The first-order chi connectivity index (χ1) is 18.8. The molecule has 4 heterocycles. The number of carbonyl (C=O) groups excluding carboxylic acids is 1. The molecule has 200 valence electrons. The normalized spacial score (nSPS) is 16.4. The molecule has 0 N–H and O–H groups in total. The molecule has 2 aromatic heterocycles. The van der Waals surface area contributed by atoms with Crippen LogP contribution in [0.25, 0.3) is 11.5 Å². The first kappa shape index (κ1) is 25.4. The van der Waals surface area contributed by atoms with Crippen LogP contribution in [-0.4, -0.2) is 66.6 Å². The predicted molar refractivity (Wildman–Crippen MR) is 147 cm³/mol. The molecule has 0 unspecified atom stereocenters. The maximum absolute atomic E-state index is 13.4. The highest BCUT2D eigenvalue weighted by Crippen LogP contribution is 2.31. The van der Waals surface area contributed by atoms with E-state index in [9.17, 15) is 13.2 Å². The van der Waals surface area contributed by atoms with E-state index in [1.54, 1.807) is 42.7 Å². The van der Waals surface area contributed by atoms with Crippen molar-refractivity contribution in [2.24, 2.45) is 0 Å². The number of fused-ring (bicyclic) bond motifs is 1. The minimum absolute atomic E-state index is 0.170. The number of likely N-dealkylation sites (N-methyl/N-ethyl adjacent to an activating group) is 1. The molecule has 39 heavy (non-hydrogen) atoms. The number of sulfonamides is 1. The highest BCUT2D eigenvalue weighted by molar-refractivity contribution is 7.89. The van der Waals surface area contributed by atoms with Gasteiger partial charge in [-0.2, -0.15) is 4.31 Å². The molecule has 0 aliphatic carbocycles. The van der Waals surface area contributed by atoms with Crippen molar-refractivity contribution in [2.45, 2.75) is 24.9 Å². The Morgan fingerprint density at radius 3 is 2.38 bits per heavy atom. The van der Waals surface area contributed by atoms with E-state index in [-0.39, 0.29) is 23.8 Å². The van der Waals surface area contributed by atoms with Crippen LogP contribution in [0.2, 0.25) is 0 Å². The van der Waals surface area contributed by atoms with Gasteiger partial charge in [-0.25, -0.2) is 13.4 Å². The maximum atomic E-state index is 13.4. The van der Waals surface area contributed by atoms with Crippen LogP contribution in [0.4, 0.5) is 5.69 Å². The average molecular weight is 544 g/mol. The third-order valence-corrected chi connectivity index (χ3v) is 9.30. The van der Waals surface area contributed by atoms with Gasteiger partial charge < -0.3 is 14.2 Å². The molecule has 0 atom stereocenters. The number of hydrogen-bond acceptors (Lipinski definition) is 8. The van der Waals surface area contributed by atoms with E-state index in [1.807, 2.05) is 18.2 Å². The number of hydrogen-bond donors (Lipinski definition) is 0. The lowest BCUT2D eigenvalue weighted by Crippen LogP contribution is -2.44. The Bertz CT molecular complexity index is 1630. The van der Waals surface area contributed by atoms with Crippen molar-refractivity contribution < 1.29 is 17.6 Å².